The summed E-state index contributed by atoms with van der Waals surface area (Å²) in [7, 11) is 0. The number of hydrogen-bond donors (Lipinski definition) is 4. The maximum Gasteiger partial charge on any atom is 0.229 e. The minimum atomic E-state index is -1.45. The number of ether oxygens (including phenoxy) is 2. The monoisotopic (exact) mass is 282 g/mol. The molecule has 0 radical (unpaired) electrons. The maximum absolute atomic E-state index is 9.83. The van der Waals surface area contributed by atoms with Crippen molar-refractivity contribution in [3.05, 3.63) is 36.4 Å². The molecule has 1 saturated heterocycles. The summed E-state index contributed by atoms with van der Waals surface area (Å²) in [5, 5.41) is 38.2. The molecule has 1 aromatic rings. The van der Waals surface area contributed by atoms with Crippen LogP contribution in [-0.4, -0.2) is 57.7 Å². The Morgan fingerprint density at radius 1 is 1.10 bits per heavy atom. The molecule has 0 unspecified atom stereocenters. The second-order valence-corrected chi connectivity index (χ2v) is 4.59. The van der Waals surface area contributed by atoms with Crippen LogP contribution in [-0.2, 0) is 4.74 Å². The van der Waals surface area contributed by atoms with Crippen LogP contribution in [0.5, 0.6) is 5.75 Å². The third-order valence-electron chi connectivity index (χ3n) is 3.22. The molecule has 1 heterocycles. The molecular weight excluding hydrogens is 264 g/mol. The van der Waals surface area contributed by atoms with Crippen molar-refractivity contribution in [2.75, 3.05) is 6.61 Å². The van der Waals surface area contributed by atoms with Crippen LogP contribution in [0, 0.1) is 0 Å². The molecule has 0 aromatic heterocycles. The molecule has 1 aromatic carbocycles. The van der Waals surface area contributed by atoms with Crippen molar-refractivity contribution >= 4 is 6.08 Å². The Bertz CT molecular complexity index is 443. The van der Waals surface area contributed by atoms with Crippen molar-refractivity contribution in [2.45, 2.75) is 30.7 Å². The van der Waals surface area contributed by atoms with Crippen molar-refractivity contribution in [3.63, 3.8) is 0 Å². The van der Waals surface area contributed by atoms with Gasteiger partial charge >= 0.3 is 0 Å². The Hall–Kier alpha value is -1.44. The highest BCUT2D eigenvalue weighted by Crippen LogP contribution is 2.24. The van der Waals surface area contributed by atoms with Gasteiger partial charge in [-0.2, -0.15) is 0 Å². The third kappa shape index (κ3) is 3.00. The molecule has 2 rings (SSSR count). The van der Waals surface area contributed by atoms with Crippen molar-refractivity contribution in [1.29, 1.82) is 0 Å². The summed E-state index contributed by atoms with van der Waals surface area (Å²) in [5.41, 5.74) is 0.908. The first kappa shape index (κ1) is 15.0. The van der Waals surface area contributed by atoms with Gasteiger partial charge in [0.2, 0.25) is 6.29 Å². The van der Waals surface area contributed by atoms with Crippen molar-refractivity contribution in [3.8, 4) is 5.75 Å². The number of rotatable bonds is 4. The van der Waals surface area contributed by atoms with Crippen molar-refractivity contribution < 1.29 is 29.9 Å². The quantitative estimate of drug-likeness (QED) is 0.594. The van der Waals surface area contributed by atoms with E-state index in [-0.39, 0.29) is 0 Å². The van der Waals surface area contributed by atoms with E-state index in [1.54, 1.807) is 30.3 Å². The Morgan fingerprint density at radius 3 is 2.30 bits per heavy atom. The lowest BCUT2D eigenvalue weighted by Crippen LogP contribution is -2.60. The van der Waals surface area contributed by atoms with Gasteiger partial charge in [-0.25, -0.2) is 0 Å². The first-order valence-electron chi connectivity index (χ1n) is 6.26. The molecule has 6 heteroatoms. The van der Waals surface area contributed by atoms with Gasteiger partial charge < -0.3 is 29.9 Å². The lowest BCUT2D eigenvalue weighted by atomic mass is 9.99. The summed E-state index contributed by atoms with van der Waals surface area (Å²) in [4.78, 5) is 0. The zero-order chi connectivity index (χ0) is 14.7. The third-order valence-corrected chi connectivity index (χ3v) is 3.22. The summed E-state index contributed by atoms with van der Waals surface area (Å²) < 4.78 is 10.7. The van der Waals surface area contributed by atoms with E-state index < -0.39 is 37.3 Å². The van der Waals surface area contributed by atoms with E-state index in [4.69, 9.17) is 14.6 Å². The first-order chi connectivity index (χ1) is 9.56. The molecule has 1 fully saturated rings. The van der Waals surface area contributed by atoms with Crippen LogP contribution >= 0.6 is 0 Å². The van der Waals surface area contributed by atoms with E-state index in [0.717, 1.165) is 5.56 Å². The predicted octanol–water partition coefficient (Wildman–Crippen LogP) is -0.492. The lowest BCUT2D eigenvalue weighted by molar-refractivity contribution is -0.277. The summed E-state index contributed by atoms with van der Waals surface area (Å²) in [6.07, 6.45) is -4.72. The van der Waals surface area contributed by atoms with E-state index in [1.165, 1.54) is 0 Å². The van der Waals surface area contributed by atoms with Gasteiger partial charge in [0.25, 0.3) is 0 Å². The smallest absolute Gasteiger partial charge is 0.229 e. The predicted molar refractivity (Wildman–Crippen MR) is 70.9 cm³/mol. The number of benzene rings is 1. The molecule has 0 aliphatic carbocycles. The highest BCUT2D eigenvalue weighted by Gasteiger charge is 2.44. The molecule has 4 N–H and O–H groups in total. The summed E-state index contributed by atoms with van der Waals surface area (Å²) in [6, 6.07) is 6.87. The number of hydrogen-bond acceptors (Lipinski definition) is 6. The molecule has 0 saturated carbocycles. The SMILES string of the molecule is C=Cc1ccc(O[C@@H]2O[C@H](CO)[C@H](O)[C@H](O)[C@H]2O)cc1. The Balaban J connectivity index is 2.08. The van der Waals surface area contributed by atoms with Crippen LogP contribution in [0.1, 0.15) is 5.56 Å². The average molecular weight is 282 g/mol. The van der Waals surface area contributed by atoms with E-state index in [9.17, 15) is 15.3 Å². The van der Waals surface area contributed by atoms with Crippen LogP contribution in [0.4, 0.5) is 0 Å². The first-order valence-corrected chi connectivity index (χ1v) is 6.26. The fourth-order valence-electron chi connectivity index (χ4n) is 1.98. The lowest BCUT2D eigenvalue weighted by Gasteiger charge is -2.39. The van der Waals surface area contributed by atoms with Crippen LogP contribution < -0.4 is 4.74 Å². The van der Waals surface area contributed by atoms with Gasteiger partial charge in [0.15, 0.2) is 0 Å². The molecule has 5 atom stereocenters. The van der Waals surface area contributed by atoms with Gasteiger partial charge in [0.1, 0.15) is 30.2 Å². The molecule has 0 spiro atoms. The summed E-state index contributed by atoms with van der Waals surface area (Å²) >= 11 is 0. The zero-order valence-corrected chi connectivity index (χ0v) is 10.8. The summed E-state index contributed by atoms with van der Waals surface area (Å²) in [6.45, 7) is 3.15. The minimum absolute atomic E-state index is 0.430. The van der Waals surface area contributed by atoms with Crippen LogP contribution in [0.2, 0.25) is 0 Å². The Kier molecular flexibility index (Phi) is 4.74. The zero-order valence-electron chi connectivity index (χ0n) is 10.8. The van der Waals surface area contributed by atoms with Crippen LogP contribution in [0.15, 0.2) is 30.8 Å². The van der Waals surface area contributed by atoms with E-state index >= 15 is 0 Å². The molecule has 0 bridgehead atoms. The van der Waals surface area contributed by atoms with E-state index in [2.05, 4.69) is 6.58 Å². The van der Waals surface area contributed by atoms with Gasteiger partial charge in [-0.1, -0.05) is 24.8 Å². The number of aliphatic hydroxyl groups excluding tert-OH is 4. The topological polar surface area (TPSA) is 99.4 Å². The second kappa shape index (κ2) is 6.34. The van der Waals surface area contributed by atoms with Gasteiger partial charge in [0.05, 0.1) is 6.61 Å². The van der Waals surface area contributed by atoms with Crippen molar-refractivity contribution in [2.24, 2.45) is 0 Å². The van der Waals surface area contributed by atoms with Crippen molar-refractivity contribution in [1.82, 2.24) is 0 Å². The molecular formula is C14H18O6. The fraction of sp³-hybridized carbons (Fsp3) is 0.429. The average Bonchev–Trinajstić information content (AvgIpc) is 2.48. The second-order valence-electron chi connectivity index (χ2n) is 4.59. The Morgan fingerprint density at radius 2 is 1.75 bits per heavy atom. The van der Waals surface area contributed by atoms with E-state index in [1.807, 2.05) is 0 Å². The largest absolute Gasteiger partial charge is 0.462 e. The van der Waals surface area contributed by atoms with Crippen LogP contribution in [0.3, 0.4) is 0 Å². The Labute approximate surface area is 116 Å². The molecule has 110 valence electrons. The molecule has 6 nitrogen and oxygen atoms in total. The highest BCUT2D eigenvalue weighted by atomic mass is 16.7. The number of aliphatic hydroxyl groups is 4. The summed E-state index contributed by atoms with van der Waals surface area (Å²) in [5.74, 6) is 0.430. The van der Waals surface area contributed by atoms with Gasteiger partial charge in [-0.05, 0) is 17.7 Å². The highest BCUT2D eigenvalue weighted by molar-refractivity contribution is 5.48. The van der Waals surface area contributed by atoms with Gasteiger partial charge in [-0.15, -0.1) is 0 Å². The molecule has 1 aliphatic rings. The molecule has 0 amide bonds. The normalized spacial score (nSPS) is 33.7. The molecule has 20 heavy (non-hydrogen) atoms. The van der Waals surface area contributed by atoms with Crippen LogP contribution in [0.25, 0.3) is 6.08 Å². The van der Waals surface area contributed by atoms with E-state index in [0.29, 0.717) is 5.75 Å². The fourth-order valence-corrected chi connectivity index (χ4v) is 1.98. The van der Waals surface area contributed by atoms with Gasteiger partial charge in [0, 0.05) is 0 Å². The minimum Gasteiger partial charge on any atom is -0.462 e. The maximum atomic E-state index is 9.83. The molecule has 1 aliphatic heterocycles. The standard InChI is InChI=1S/C14H18O6/c1-2-8-3-5-9(6-4-8)19-14-13(18)12(17)11(16)10(7-15)20-14/h2-6,10-18H,1,7H2/t10-,11+,12+,13-,14-/m1/s1. The van der Waals surface area contributed by atoms with Gasteiger partial charge in [-0.3, -0.25) is 0 Å².